The van der Waals surface area contributed by atoms with Crippen LogP contribution in [0.3, 0.4) is 0 Å². The largest absolute Gasteiger partial charge is 0.384 e. The quantitative estimate of drug-likeness (QED) is 0.628. The molecule has 0 amide bonds. The molecule has 1 aromatic heterocycles. The van der Waals surface area contributed by atoms with Crippen LogP contribution in [0.25, 0.3) is 0 Å². The average molecular weight is 273 g/mol. The highest BCUT2D eigenvalue weighted by molar-refractivity contribution is 7.09. The van der Waals surface area contributed by atoms with Crippen molar-refractivity contribution in [1.82, 2.24) is 4.90 Å². The van der Waals surface area contributed by atoms with Crippen molar-refractivity contribution in [2.75, 3.05) is 6.54 Å². The molecule has 100 valence electrons. The van der Waals surface area contributed by atoms with Crippen LogP contribution in [0, 0.1) is 5.41 Å². The van der Waals surface area contributed by atoms with Crippen molar-refractivity contribution in [2.45, 2.75) is 20.0 Å². The number of nitrogens with two attached hydrogens (primary N) is 1. The van der Waals surface area contributed by atoms with Gasteiger partial charge in [-0.15, -0.1) is 11.3 Å². The van der Waals surface area contributed by atoms with E-state index in [9.17, 15) is 0 Å². The average Bonchev–Trinajstić information content (AvgIpc) is 2.91. The van der Waals surface area contributed by atoms with Gasteiger partial charge in [-0.3, -0.25) is 10.3 Å². The molecular formula is C15H19N3S. The van der Waals surface area contributed by atoms with Gasteiger partial charge in [-0.05, 0) is 23.6 Å². The third kappa shape index (κ3) is 3.66. The number of rotatable bonds is 6. The Bertz CT molecular complexity index is 534. The summed E-state index contributed by atoms with van der Waals surface area (Å²) in [5, 5.41) is 9.74. The summed E-state index contributed by atoms with van der Waals surface area (Å²) in [6.07, 6.45) is 0. The first-order valence-electron chi connectivity index (χ1n) is 6.37. The first-order chi connectivity index (χ1) is 9.20. The Morgan fingerprint density at radius 3 is 2.63 bits per heavy atom. The van der Waals surface area contributed by atoms with E-state index in [1.54, 1.807) is 11.3 Å². The molecule has 2 aromatic rings. The Labute approximate surface area is 118 Å². The summed E-state index contributed by atoms with van der Waals surface area (Å²) in [6, 6.07) is 12.1. The first-order valence-corrected chi connectivity index (χ1v) is 7.25. The molecule has 0 saturated carbocycles. The van der Waals surface area contributed by atoms with Crippen molar-refractivity contribution in [3.8, 4) is 0 Å². The molecule has 0 atom stereocenters. The van der Waals surface area contributed by atoms with Crippen molar-refractivity contribution in [3.63, 3.8) is 0 Å². The Balaban J connectivity index is 2.12. The number of benzene rings is 1. The van der Waals surface area contributed by atoms with Gasteiger partial charge in [-0.2, -0.15) is 0 Å². The number of thiophene rings is 1. The van der Waals surface area contributed by atoms with Gasteiger partial charge in [0.1, 0.15) is 5.84 Å². The van der Waals surface area contributed by atoms with E-state index in [0.717, 1.165) is 30.8 Å². The van der Waals surface area contributed by atoms with Crippen LogP contribution in [0.4, 0.5) is 0 Å². The minimum Gasteiger partial charge on any atom is -0.384 e. The summed E-state index contributed by atoms with van der Waals surface area (Å²) in [6.45, 7) is 4.90. The van der Waals surface area contributed by atoms with E-state index in [-0.39, 0.29) is 5.84 Å². The molecule has 0 spiro atoms. The molecule has 4 heteroatoms. The van der Waals surface area contributed by atoms with Gasteiger partial charge < -0.3 is 5.73 Å². The molecule has 1 heterocycles. The first kappa shape index (κ1) is 13.8. The Morgan fingerprint density at radius 2 is 2.00 bits per heavy atom. The Morgan fingerprint density at radius 1 is 1.21 bits per heavy atom. The van der Waals surface area contributed by atoms with Gasteiger partial charge in [0, 0.05) is 23.5 Å². The second-order valence-electron chi connectivity index (χ2n) is 4.45. The molecule has 0 aliphatic carbocycles. The van der Waals surface area contributed by atoms with Crippen molar-refractivity contribution in [2.24, 2.45) is 5.73 Å². The highest BCUT2D eigenvalue weighted by Crippen LogP contribution is 2.16. The number of nitrogens with one attached hydrogen (secondary N) is 1. The van der Waals surface area contributed by atoms with Crippen LogP contribution in [0.2, 0.25) is 0 Å². The van der Waals surface area contributed by atoms with E-state index in [0.29, 0.717) is 0 Å². The van der Waals surface area contributed by atoms with Crippen molar-refractivity contribution in [3.05, 3.63) is 57.8 Å². The van der Waals surface area contributed by atoms with Gasteiger partial charge in [0.2, 0.25) is 0 Å². The predicted octanol–water partition coefficient (Wildman–Crippen LogP) is 3.05. The van der Waals surface area contributed by atoms with Crippen molar-refractivity contribution >= 4 is 17.2 Å². The summed E-state index contributed by atoms with van der Waals surface area (Å²) in [5.41, 5.74) is 7.59. The van der Waals surface area contributed by atoms with Crippen molar-refractivity contribution in [1.29, 1.82) is 5.41 Å². The molecule has 0 unspecified atom stereocenters. The second-order valence-corrected chi connectivity index (χ2v) is 5.49. The van der Waals surface area contributed by atoms with E-state index in [2.05, 4.69) is 29.3 Å². The van der Waals surface area contributed by atoms with E-state index in [4.69, 9.17) is 11.1 Å². The fourth-order valence-corrected chi connectivity index (χ4v) is 2.81. The maximum absolute atomic E-state index is 7.64. The van der Waals surface area contributed by atoms with E-state index < -0.39 is 0 Å². The molecule has 0 fully saturated rings. The van der Waals surface area contributed by atoms with Gasteiger partial charge in [-0.1, -0.05) is 37.3 Å². The molecule has 3 N–H and O–H groups in total. The van der Waals surface area contributed by atoms with E-state index in [1.165, 1.54) is 4.88 Å². The lowest BCUT2D eigenvalue weighted by Crippen LogP contribution is -2.24. The summed E-state index contributed by atoms with van der Waals surface area (Å²) >= 11 is 1.78. The number of hydrogen-bond donors (Lipinski definition) is 2. The molecule has 19 heavy (non-hydrogen) atoms. The van der Waals surface area contributed by atoms with Crippen LogP contribution >= 0.6 is 11.3 Å². The molecule has 0 radical (unpaired) electrons. The normalized spacial score (nSPS) is 10.8. The summed E-state index contributed by atoms with van der Waals surface area (Å²) < 4.78 is 0. The number of nitrogens with zero attached hydrogens (tertiary/aromatic N) is 1. The van der Waals surface area contributed by atoms with Crippen molar-refractivity contribution < 1.29 is 0 Å². The lowest BCUT2D eigenvalue weighted by molar-refractivity contribution is 0.274. The highest BCUT2D eigenvalue weighted by Gasteiger charge is 2.10. The molecule has 0 saturated heterocycles. The fraction of sp³-hybridized carbons (Fsp3) is 0.267. The van der Waals surface area contributed by atoms with Crippen LogP contribution in [0.15, 0.2) is 41.8 Å². The lowest BCUT2D eigenvalue weighted by atomic mass is 10.1. The smallest absolute Gasteiger partial charge is 0.123 e. The standard InChI is InChI=1S/C15H19N3S/c1-2-18(11-13-7-5-9-19-13)10-12-6-3-4-8-14(12)15(16)17/h3-9H,2,10-11H2,1H3,(H3,16,17). The van der Waals surface area contributed by atoms with Gasteiger partial charge in [0.05, 0.1) is 0 Å². The molecule has 0 bridgehead atoms. The topological polar surface area (TPSA) is 53.1 Å². The van der Waals surface area contributed by atoms with Crippen LogP contribution in [0.1, 0.15) is 22.9 Å². The van der Waals surface area contributed by atoms with Gasteiger partial charge in [0.15, 0.2) is 0 Å². The summed E-state index contributed by atoms with van der Waals surface area (Å²) in [4.78, 5) is 3.72. The number of nitrogen functional groups attached to an aromatic ring is 1. The Kier molecular flexibility index (Phi) is 4.71. The summed E-state index contributed by atoms with van der Waals surface area (Å²) in [7, 11) is 0. The SMILES string of the molecule is CCN(Cc1cccs1)Cc1ccccc1C(=N)N. The zero-order valence-corrected chi connectivity index (χ0v) is 11.9. The van der Waals surface area contributed by atoms with Crippen LogP contribution < -0.4 is 5.73 Å². The highest BCUT2D eigenvalue weighted by atomic mass is 32.1. The van der Waals surface area contributed by atoms with Crippen LogP contribution in [-0.4, -0.2) is 17.3 Å². The zero-order valence-electron chi connectivity index (χ0n) is 11.1. The minimum absolute atomic E-state index is 0.141. The fourth-order valence-electron chi connectivity index (χ4n) is 2.06. The number of amidine groups is 1. The van der Waals surface area contributed by atoms with Crippen LogP contribution in [-0.2, 0) is 13.1 Å². The lowest BCUT2D eigenvalue weighted by Gasteiger charge is -2.21. The molecule has 3 nitrogen and oxygen atoms in total. The molecule has 0 aliphatic rings. The third-order valence-corrected chi connectivity index (χ3v) is 3.97. The van der Waals surface area contributed by atoms with E-state index >= 15 is 0 Å². The maximum atomic E-state index is 7.64. The molecule has 1 aromatic carbocycles. The second kappa shape index (κ2) is 6.50. The zero-order chi connectivity index (χ0) is 13.7. The van der Waals surface area contributed by atoms with Gasteiger partial charge in [0.25, 0.3) is 0 Å². The Hall–Kier alpha value is -1.65. The molecule has 2 rings (SSSR count). The third-order valence-electron chi connectivity index (χ3n) is 3.11. The van der Waals surface area contributed by atoms with Crippen LogP contribution in [0.5, 0.6) is 0 Å². The van der Waals surface area contributed by atoms with E-state index in [1.807, 2.05) is 24.3 Å². The molecule has 0 aliphatic heterocycles. The summed E-state index contributed by atoms with van der Waals surface area (Å²) in [5.74, 6) is 0.141. The predicted molar refractivity (Wildman–Crippen MR) is 81.6 cm³/mol. The van der Waals surface area contributed by atoms with Gasteiger partial charge >= 0.3 is 0 Å². The monoisotopic (exact) mass is 273 g/mol. The van der Waals surface area contributed by atoms with Gasteiger partial charge in [-0.25, -0.2) is 0 Å². The minimum atomic E-state index is 0.141. The maximum Gasteiger partial charge on any atom is 0.123 e. The molecular weight excluding hydrogens is 254 g/mol. The number of hydrogen-bond acceptors (Lipinski definition) is 3.